The van der Waals surface area contributed by atoms with Crippen LogP contribution >= 0.6 is 0 Å². The zero-order valence-corrected chi connectivity index (χ0v) is 13.8. The largest absolute Gasteiger partial charge is 0.336 e. The number of likely N-dealkylation sites (tertiary alicyclic amines) is 1. The molecule has 1 unspecified atom stereocenters. The molecule has 1 fully saturated rings. The van der Waals surface area contributed by atoms with Crippen LogP contribution in [0.4, 0.5) is 9.18 Å². The van der Waals surface area contributed by atoms with Gasteiger partial charge in [0.25, 0.3) is 5.89 Å². The highest BCUT2D eigenvalue weighted by Crippen LogP contribution is 2.35. The summed E-state index contributed by atoms with van der Waals surface area (Å²) in [6.45, 7) is 4.18. The third-order valence-corrected chi connectivity index (χ3v) is 3.98. The van der Waals surface area contributed by atoms with Crippen LogP contribution in [0.15, 0.2) is 34.9 Å². The first kappa shape index (κ1) is 16.4. The van der Waals surface area contributed by atoms with Crippen molar-refractivity contribution >= 4 is 6.03 Å². The van der Waals surface area contributed by atoms with Crippen molar-refractivity contribution in [2.45, 2.75) is 38.4 Å². The van der Waals surface area contributed by atoms with E-state index in [1.807, 2.05) is 44.2 Å². The third-order valence-electron chi connectivity index (χ3n) is 3.98. The van der Waals surface area contributed by atoms with Crippen LogP contribution in [0.5, 0.6) is 0 Å². The van der Waals surface area contributed by atoms with Crippen molar-refractivity contribution in [2.75, 3.05) is 13.1 Å². The van der Waals surface area contributed by atoms with Crippen molar-refractivity contribution in [3.8, 4) is 11.4 Å². The fourth-order valence-corrected chi connectivity index (χ4v) is 2.81. The Labute approximate surface area is 140 Å². The monoisotopic (exact) mass is 332 g/mol. The van der Waals surface area contributed by atoms with E-state index in [0.717, 1.165) is 5.56 Å². The van der Waals surface area contributed by atoms with Gasteiger partial charge in [0, 0.05) is 18.2 Å². The Kier molecular flexibility index (Phi) is 4.51. The summed E-state index contributed by atoms with van der Waals surface area (Å²) in [6.07, 6.45) is 0.806. The second-order valence-corrected chi connectivity index (χ2v) is 6.38. The van der Waals surface area contributed by atoms with Crippen LogP contribution in [0.25, 0.3) is 11.4 Å². The summed E-state index contributed by atoms with van der Waals surface area (Å²) in [5.74, 6) is 0.287. The van der Waals surface area contributed by atoms with E-state index in [0.29, 0.717) is 18.8 Å². The maximum atomic E-state index is 15.4. The first-order valence-electron chi connectivity index (χ1n) is 8.12. The molecule has 0 saturated carbocycles. The Bertz CT molecular complexity index is 704. The minimum Gasteiger partial charge on any atom is -0.336 e. The quantitative estimate of drug-likeness (QED) is 0.937. The summed E-state index contributed by atoms with van der Waals surface area (Å²) in [6, 6.07) is 9.00. The number of hydrogen-bond donors (Lipinski definition) is 1. The molecule has 2 heterocycles. The fraction of sp³-hybridized carbons (Fsp3) is 0.471. The van der Waals surface area contributed by atoms with Gasteiger partial charge in [-0.25, -0.2) is 9.18 Å². The van der Waals surface area contributed by atoms with E-state index < -0.39 is 5.67 Å². The van der Waals surface area contributed by atoms with Gasteiger partial charge in [-0.1, -0.05) is 35.5 Å². The summed E-state index contributed by atoms with van der Waals surface area (Å²) in [7, 11) is 0. The van der Waals surface area contributed by atoms with Gasteiger partial charge in [-0.15, -0.1) is 0 Å². The molecule has 128 valence electrons. The topological polar surface area (TPSA) is 71.3 Å². The molecule has 1 aromatic heterocycles. The van der Waals surface area contributed by atoms with Crippen LogP contribution in [0, 0.1) is 0 Å². The van der Waals surface area contributed by atoms with E-state index in [4.69, 9.17) is 4.52 Å². The number of alkyl halides is 1. The van der Waals surface area contributed by atoms with E-state index in [9.17, 15) is 4.79 Å². The lowest BCUT2D eigenvalue weighted by atomic mass is 9.94. The normalized spacial score (nSPS) is 21.1. The third kappa shape index (κ3) is 3.39. The predicted octanol–water partition coefficient (Wildman–Crippen LogP) is 3.12. The maximum Gasteiger partial charge on any atom is 0.317 e. The molecular weight excluding hydrogens is 311 g/mol. The van der Waals surface area contributed by atoms with E-state index in [1.165, 1.54) is 4.90 Å². The lowest BCUT2D eigenvalue weighted by Gasteiger charge is -2.35. The van der Waals surface area contributed by atoms with Gasteiger partial charge in [-0.05, 0) is 26.7 Å². The molecule has 3 rings (SSSR count). The highest BCUT2D eigenvalue weighted by Gasteiger charge is 2.44. The number of amides is 2. The number of nitrogens with zero attached hydrogens (tertiary/aromatic N) is 3. The number of piperidine rings is 1. The zero-order chi connectivity index (χ0) is 17.2. The Hall–Kier alpha value is -2.44. The number of aromatic nitrogens is 2. The zero-order valence-electron chi connectivity index (χ0n) is 13.8. The molecule has 7 heteroatoms. The highest BCUT2D eigenvalue weighted by atomic mass is 19.1. The van der Waals surface area contributed by atoms with Gasteiger partial charge in [0.2, 0.25) is 11.5 Å². The molecule has 0 spiro atoms. The number of hydrogen-bond acceptors (Lipinski definition) is 4. The van der Waals surface area contributed by atoms with Crippen LogP contribution in [0.2, 0.25) is 0 Å². The van der Waals surface area contributed by atoms with Crippen LogP contribution in [-0.2, 0) is 5.67 Å². The number of urea groups is 1. The van der Waals surface area contributed by atoms with Gasteiger partial charge in [0.05, 0.1) is 6.54 Å². The molecule has 1 saturated heterocycles. The molecule has 1 aliphatic heterocycles. The lowest BCUT2D eigenvalue weighted by Crippen LogP contribution is -2.51. The van der Waals surface area contributed by atoms with Gasteiger partial charge < -0.3 is 14.7 Å². The average molecular weight is 332 g/mol. The number of benzene rings is 1. The van der Waals surface area contributed by atoms with Gasteiger partial charge in [-0.2, -0.15) is 4.98 Å². The van der Waals surface area contributed by atoms with Crippen molar-refractivity contribution in [1.29, 1.82) is 0 Å². The van der Waals surface area contributed by atoms with Crippen LogP contribution < -0.4 is 5.32 Å². The van der Waals surface area contributed by atoms with Crippen LogP contribution in [-0.4, -0.2) is 40.2 Å². The summed E-state index contributed by atoms with van der Waals surface area (Å²) in [5, 5.41) is 6.67. The summed E-state index contributed by atoms with van der Waals surface area (Å²) in [5.41, 5.74) is -1.05. The Balaban J connectivity index is 1.78. The van der Waals surface area contributed by atoms with E-state index in [2.05, 4.69) is 15.5 Å². The SMILES string of the molecule is CC(C)NC(=O)N1CCCC(F)(c2nc(-c3ccccc3)no2)C1. The lowest BCUT2D eigenvalue weighted by molar-refractivity contribution is 0.0304. The molecule has 1 atom stereocenters. The van der Waals surface area contributed by atoms with E-state index in [-0.39, 0.29) is 30.9 Å². The number of rotatable bonds is 3. The van der Waals surface area contributed by atoms with Crippen LogP contribution in [0.3, 0.4) is 0 Å². The highest BCUT2D eigenvalue weighted by molar-refractivity contribution is 5.74. The number of carbonyl (C=O) groups is 1. The minimum absolute atomic E-state index is 0.00141. The summed E-state index contributed by atoms with van der Waals surface area (Å²) >= 11 is 0. The maximum absolute atomic E-state index is 15.4. The first-order valence-corrected chi connectivity index (χ1v) is 8.12. The summed E-state index contributed by atoms with van der Waals surface area (Å²) < 4.78 is 20.5. The Morgan fingerprint density at radius 1 is 1.38 bits per heavy atom. The van der Waals surface area contributed by atoms with Gasteiger partial charge in [0.15, 0.2) is 0 Å². The second-order valence-electron chi connectivity index (χ2n) is 6.38. The smallest absolute Gasteiger partial charge is 0.317 e. The van der Waals surface area contributed by atoms with Crippen molar-refractivity contribution < 1.29 is 13.7 Å². The molecule has 0 bridgehead atoms. The van der Waals surface area contributed by atoms with E-state index >= 15 is 4.39 Å². The first-order chi connectivity index (χ1) is 11.5. The van der Waals surface area contributed by atoms with E-state index in [1.54, 1.807) is 0 Å². The van der Waals surface area contributed by atoms with Crippen molar-refractivity contribution in [1.82, 2.24) is 20.4 Å². The predicted molar refractivity (Wildman–Crippen MR) is 87.0 cm³/mol. The Morgan fingerprint density at radius 3 is 2.83 bits per heavy atom. The molecule has 0 aliphatic carbocycles. The molecule has 2 amide bonds. The van der Waals surface area contributed by atoms with Crippen molar-refractivity contribution in [3.63, 3.8) is 0 Å². The molecule has 1 aliphatic rings. The van der Waals surface area contributed by atoms with Crippen molar-refractivity contribution in [2.24, 2.45) is 0 Å². The molecule has 6 nitrogen and oxygen atoms in total. The molecule has 2 aromatic rings. The number of halogens is 1. The van der Waals surface area contributed by atoms with Gasteiger partial charge in [0.1, 0.15) is 0 Å². The molecule has 0 radical (unpaired) electrons. The van der Waals surface area contributed by atoms with Crippen molar-refractivity contribution in [3.05, 3.63) is 36.2 Å². The molecule has 24 heavy (non-hydrogen) atoms. The molecular formula is C17H21FN4O2. The van der Waals surface area contributed by atoms with Gasteiger partial charge >= 0.3 is 6.03 Å². The fourth-order valence-electron chi connectivity index (χ4n) is 2.81. The minimum atomic E-state index is -1.81. The number of carbonyl (C=O) groups excluding carboxylic acids is 1. The standard InChI is InChI=1S/C17H21FN4O2/c1-12(2)19-16(23)22-10-6-9-17(18,11-22)15-20-14(21-24-15)13-7-4-3-5-8-13/h3-5,7-8,12H,6,9-11H2,1-2H3,(H,19,23). The molecule has 1 N–H and O–H groups in total. The Morgan fingerprint density at radius 2 is 2.12 bits per heavy atom. The average Bonchev–Trinajstić information content (AvgIpc) is 3.06. The van der Waals surface area contributed by atoms with Crippen LogP contribution in [0.1, 0.15) is 32.6 Å². The second kappa shape index (κ2) is 6.59. The molecule has 1 aromatic carbocycles. The van der Waals surface area contributed by atoms with Gasteiger partial charge in [-0.3, -0.25) is 0 Å². The summed E-state index contributed by atoms with van der Waals surface area (Å²) in [4.78, 5) is 17.8. The number of nitrogens with one attached hydrogen (secondary N) is 1.